The molecule has 1 N–H and O–H groups in total. The van der Waals surface area contributed by atoms with Crippen LogP contribution in [-0.2, 0) is 0 Å². The van der Waals surface area contributed by atoms with Gasteiger partial charge in [-0.05, 0) is 48.9 Å². The van der Waals surface area contributed by atoms with E-state index in [9.17, 15) is 14.4 Å². The van der Waals surface area contributed by atoms with Crippen molar-refractivity contribution in [1.29, 1.82) is 0 Å². The van der Waals surface area contributed by atoms with Gasteiger partial charge in [0.15, 0.2) is 11.6 Å². The first kappa shape index (κ1) is 22.1. The number of benzene rings is 4. The fourth-order valence-corrected chi connectivity index (χ4v) is 5.29. The molecule has 0 radical (unpaired) electrons. The zero-order chi connectivity index (χ0) is 23.8. The van der Waals surface area contributed by atoms with Gasteiger partial charge in [-0.2, -0.15) is 0 Å². The van der Waals surface area contributed by atoms with Crippen LogP contribution in [-0.4, -0.2) is 17.5 Å². The Bertz CT molecular complexity index is 1480. The molecule has 0 spiro atoms. The van der Waals surface area contributed by atoms with Crippen LogP contribution in [0.1, 0.15) is 47.8 Å². The van der Waals surface area contributed by atoms with Crippen molar-refractivity contribution in [2.24, 2.45) is 0 Å². The minimum atomic E-state index is -0.354. The van der Waals surface area contributed by atoms with Gasteiger partial charge in [-0.3, -0.25) is 14.4 Å². The van der Waals surface area contributed by atoms with Crippen LogP contribution in [0.4, 0.5) is 5.69 Å². The van der Waals surface area contributed by atoms with Crippen molar-refractivity contribution >= 4 is 46.5 Å². The molecule has 4 aromatic carbocycles. The summed E-state index contributed by atoms with van der Waals surface area (Å²) in [5, 5.41) is 3.42. The smallest absolute Gasteiger partial charge is 0.255 e. The molecule has 5 rings (SSSR count). The maximum Gasteiger partial charge on any atom is 0.255 e. The van der Waals surface area contributed by atoms with Gasteiger partial charge in [0.1, 0.15) is 0 Å². The van der Waals surface area contributed by atoms with E-state index in [-0.39, 0.29) is 23.0 Å². The third-order valence-corrected chi connectivity index (χ3v) is 7.15. The predicted octanol–water partition coefficient (Wildman–Crippen LogP) is 6.83. The number of aryl methyl sites for hydroxylation is 1. The number of amides is 1. The standard InChI is InChI=1S/C28H18ClNO3S/c1-16-11-12-18(29)15-23(16)34-22-14-13-21(30-28(33)17-7-3-2-4-8-17)24-25(22)27(32)20-10-6-5-9-19(20)26(24)31/h2-15H,1H3,(H,30,33). The van der Waals surface area contributed by atoms with Crippen LogP contribution in [0.25, 0.3) is 0 Å². The van der Waals surface area contributed by atoms with E-state index < -0.39 is 0 Å². The molecule has 0 saturated carbocycles. The number of hydrogen-bond donors (Lipinski definition) is 1. The average molecular weight is 484 g/mol. The Morgan fingerprint density at radius 2 is 1.41 bits per heavy atom. The Balaban J connectivity index is 1.65. The fraction of sp³-hybridized carbons (Fsp3) is 0.0357. The number of nitrogens with one attached hydrogen (secondary N) is 1. The zero-order valence-corrected chi connectivity index (χ0v) is 19.7. The molecule has 0 aromatic heterocycles. The summed E-state index contributed by atoms with van der Waals surface area (Å²) in [5.41, 5.74) is 2.95. The number of carbonyl (C=O) groups excluding carboxylic acids is 3. The van der Waals surface area contributed by atoms with Gasteiger partial charge >= 0.3 is 0 Å². The highest BCUT2D eigenvalue weighted by Gasteiger charge is 2.34. The first-order chi connectivity index (χ1) is 16.4. The lowest BCUT2D eigenvalue weighted by Crippen LogP contribution is -2.24. The number of hydrogen-bond acceptors (Lipinski definition) is 4. The van der Waals surface area contributed by atoms with Crippen LogP contribution in [0.2, 0.25) is 5.02 Å². The van der Waals surface area contributed by atoms with Crippen LogP contribution in [0.15, 0.2) is 94.7 Å². The van der Waals surface area contributed by atoms with Gasteiger partial charge in [-0.1, -0.05) is 71.9 Å². The van der Waals surface area contributed by atoms with Gasteiger partial charge in [-0.25, -0.2) is 0 Å². The largest absolute Gasteiger partial charge is 0.321 e. The van der Waals surface area contributed by atoms with E-state index in [1.807, 2.05) is 31.2 Å². The van der Waals surface area contributed by atoms with Crippen molar-refractivity contribution in [3.63, 3.8) is 0 Å². The van der Waals surface area contributed by atoms with Crippen LogP contribution >= 0.6 is 23.4 Å². The van der Waals surface area contributed by atoms with E-state index in [1.54, 1.807) is 60.7 Å². The molecular weight excluding hydrogens is 466 g/mol. The summed E-state index contributed by atoms with van der Waals surface area (Å²) >= 11 is 7.58. The molecule has 0 aliphatic heterocycles. The Kier molecular flexibility index (Phi) is 5.82. The molecule has 34 heavy (non-hydrogen) atoms. The summed E-state index contributed by atoms with van der Waals surface area (Å²) in [5.74, 6) is -0.894. The normalized spacial score (nSPS) is 12.2. The number of rotatable bonds is 4. The van der Waals surface area contributed by atoms with Crippen LogP contribution in [0.5, 0.6) is 0 Å². The molecule has 166 valence electrons. The van der Waals surface area contributed by atoms with E-state index in [0.29, 0.717) is 37.9 Å². The van der Waals surface area contributed by atoms with Crippen molar-refractivity contribution in [2.75, 3.05) is 5.32 Å². The first-order valence-electron chi connectivity index (χ1n) is 10.6. The number of anilines is 1. The fourth-order valence-electron chi connectivity index (χ4n) is 3.97. The Morgan fingerprint density at radius 1 is 0.765 bits per heavy atom. The van der Waals surface area contributed by atoms with Gasteiger partial charge in [0.25, 0.3) is 5.91 Å². The van der Waals surface area contributed by atoms with Crippen molar-refractivity contribution in [3.05, 3.63) is 123 Å². The first-order valence-corrected chi connectivity index (χ1v) is 11.8. The molecule has 1 aliphatic carbocycles. The van der Waals surface area contributed by atoms with E-state index in [2.05, 4.69) is 5.32 Å². The number of carbonyl (C=O) groups is 3. The topological polar surface area (TPSA) is 63.2 Å². The second-order valence-corrected chi connectivity index (χ2v) is 9.42. The van der Waals surface area contributed by atoms with E-state index in [4.69, 9.17) is 11.6 Å². The van der Waals surface area contributed by atoms with Gasteiger partial charge in [-0.15, -0.1) is 0 Å². The van der Waals surface area contributed by atoms with Gasteiger partial charge < -0.3 is 5.32 Å². The average Bonchev–Trinajstić information content (AvgIpc) is 2.86. The second-order valence-electron chi connectivity index (χ2n) is 7.90. The highest BCUT2D eigenvalue weighted by atomic mass is 35.5. The van der Waals surface area contributed by atoms with Crippen LogP contribution < -0.4 is 5.32 Å². The molecule has 0 heterocycles. The predicted molar refractivity (Wildman–Crippen MR) is 134 cm³/mol. The summed E-state index contributed by atoms with van der Waals surface area (Å²) in [6, 6.07) is 24.5. The van der Waals surface area contributed by atoms with E-state index in [1.165, 1.54) is 11.8 Å². The van der Waals surface area contributed by atoms with E-state index in [0.717, 1.165) is 10.5 Å². The molecule has 1 aliphatic rings. The summed E-state index contributed by atoms with van der Waals surface area (Å²) < 4.78 is 0. The van der Waals surface area contributed by atoms with Crippen molar-refractivity contribution in [3.8, 4) is 0 Å². The number of halogens is 1. The molecule has 4 aromatic rings. The summed E-state index contributed by atoms with van der Waals surface area (Å²) in [4.78, 5) is 41.6. The molecule has 0 saturated heterocycles. The second kappa shape index (κ2) is 8.93. The van der Waals surface area contributed by atoms with E-state index >= 15 is 0 Å². The lowest BCUT2D eigenvalue weighted by atomic mass is 9.83. The SMILES string of the molecule is Cc1ccc(Cl)cc1Sc1ccc(NC(=O)c2ccccc2)c2c1C(=O)c1ccccc1C2=O. The highest BCUT2D eigenvalue weighted by Crippen LogP contribution is 2.41. The monoisotopic (exact) mass is 483 g/mol. The minimum absolute atomic E-state index is 0.206. The lowest BCUT2D eigenvalue weighted by Gasteiger charge is -2.23. The molecule has 0 fully saturated rings. The summed E-state index contributed by atoms with van der Waals surface area (Å²) in [6.45, 7) is 1.96. The minimum Gasteiger partial charge on any atom is -0.321 e. The Morgan fingerprint density at radius 3 is 2.12 bits per heavy atom. The molecule has 6 heteroatoms. The van der Waals surface area contributed by atoms with Gasteiger partial charge in [0.05, 0.1) is 11.3 Å². The third kappa shape index (κ3) is 3.94. The lowest BCUT2D eigenvalue weighted by molar-refractivity contribution is 0.0976. The quantitative estimate of drug-likeness (QED) is 0.304. The van der Waals surface area contributed by atoms with Crippen molar-refractivity contribution in [2.45, 2.75) is 16.7 Å². The zero-order valence-electron chi connectivity index (χ0n) is 18.1. The summed E-state index contributed by atoms with van der Waals surface area (Å²) in [7, 11) is 0. The highest BCUT2D eigenvalue weighted by molar-refractivity contribution is 7.99. The summed E-state index contributed by atoms with van der Waals surface area (Å²) in [6.07, 6.45) is 0. The van der Waals surface area contributed by atoms with Crippen molar-refractivity contribution < 1.29 is 14.4 Å². The third-order valence-electron chi connectivity index (χ3n) is 5.69. The molecule has 0 bridgehead atoms. The maximum atomic E-state index is 13.6. The van der Waals surface area contributed by atoms with Crippen LogP contribution in [0.3, 0.4) is 0 Å². The molecule has 0 unspecified atom stereocenters. The molecular formula is C28H18ClNO3S. The van der Waals surface area contributed by atoms with Crippen LogP contribution in [0, 0.1) is 6.92 Å². The number of ketones is 2. The van der Waals surface area contributed by atoms with Gasteiger partial charge in [0, 0.05) is 37.1 Å². The molecule has 1 amide bonds. The Hall–Kier alpha value is -3.67. The van der Waals surface area contributed by atoms with Crippen molar-refractivity contribution in [1.82, 2.24) is 0 Å². The molecule has 4 nitrogen and oxygen atoms in total. The number of fused-ring (bicyclic) bond motifs is 2. The maximum absolute atomic E-state index is 13.6. The molecule has 0 atom stereocenters. The van der Waals surface area contributed by atoms with Gasteiger partial charge in [0.2, 0.25) is 0 Å². The Labute approximate surface area is 206 Å².